The Balaban J connectivity index is 1.49. The summed E-state index contributed by atoms with van der Waals surface area (Å²) in [5.74, 6) is -0.855. The molecule has 7 heteroatoms. The average Bonchev–Trinajstić information content (AvgIpc) is 3.22. The number of hydrogen-bond donors (Lipinski definition) is 3. The Labute approximate surface area is 190 Å². The molecule has 0 unspecified atom stereocenters. The number of pyridine rings is 1. The van der Waals surface area contributed by atoms with Gasteiger partial charge in [-0.15, -0.1) is 0 Å². The van der Waals surface area contributed by atoms with Crippen LogP contribution in [0.3, 0.4) is 0 Å². The summed E-state index contributed by atoms with van der Waals surface area (Å²) in [7, 11) is 0. The van der Waals surface area contributed by atoms with E-state index in [0.29, 0.717) is 23.6 Å². The van der Waals surface area contributed by atoms with E-state index in [1.807, 2.05) is 30.5 Å². The molecule has 2 aromatic heterocycles. The topological polar surface area (TPSA) is 86.9 Å². The maximum atomic E-state index is 12.9. The van der Waals surface area contributed by atoms with E-state index in [0.717, 1.165) is 16.5 Å². The molecule has 6 nitrogen and oxygen atoms in total. The summed E-state index contributed by atoms with van der Waals surface area (Å²) in [6.45, 7) is 0.410. The predicted molar refractivity (Wildman–Crippen MR) is 126 cm³/mol. The third-order valence-electron chi connectivity index (χ3n) is 4.96. The van der Waals surface area contributed by atoms with E-state index in [1.54, 1.807) is 54.9 Å². The Morgan fingerprint density at radius 1 is 1.03 bits per heavy atom. The predicted octanol–water partition coefficient (Wildman–Crippen LogP) is 4.35. The van der Waals surface area contributed by atoms with Crippen molar-refractivity contribution in [1.82, 2.24) is 20.6 Å². The Hall–Kier alpha value is -3.90. The Kier molecular flexibility index (Phi) is 6.63. The van der Waals surface area contributed by atoms with Crippen molar-refractivity contribution in [3.63, 3.8) is 0 Å². The van der Waals surface area contributed by atoms with Gasteiger partial charge in [-0.1, -0.05) is 48.0 Å². The van der Waals surface area contributed by atoms with Crippen LogP contribution in [-0.2, 0) is 11.2 Å². The van der Waals surface area contributed by atoms with Crippen LogP contribution in [0.2, 0.25) is 5.02 Å². The molecule has 4 rings (SSSR count). The van der Waals surface area contributed by atoms with Crippen LogP contribution in [0, 0.1) is 0 Å². The maximum absolute atomic E-state index is 12.9. The van der Waals surface area contributed by atoms with Crippen molar-refractivity contribution >= 4 is 40.4 Å². The van der Waals surface area contributed by atoms with Gasteiger partial charge in [0.15, 0.2) is 0 Å². The number of nitrogens with one attached hydrogen (secondary N) is 3. The summed E-state index contributed by atoms with van der Waals surface area (Å²) in [4.78, 5) is 33.0. The molecule has 160 valence electrons. The number of benzene rings is 2. The summed E-state index contributed by atoms with van der Waals surface area (Å²) in [6.07, 6.45) is 7.43. The van der Waals surface area contributed by atoms with E-state index < -0.39 is 11.8 Å². The minimum atomic E-state index is -0.461. The van der Waals surface area contributed by atoms with Gasteiger partial charge in [-0.3, -0.25) is 14.6 Å². The van der Waals surface area contributed by atoms with E-state index in [2.05, 4.69) is 20.6 Å². The zero-order valence-electron chi connectivity index (χ0n) is 17.1. The van der Waals surface area contributed by atoms with E-state index in [-0.39, 0.29) is 11.3 Å². The van der Waals surface area contributed by atoms with Crippen molar-refractivity contribution in [2.24, 2.45) is 0 Å². The first-order valence-corrected chi connectivity index (χ1v) is 10.5. The van der Waals surface area contributed by atoms with Crippen molar-refractivity contribution in [1.29, 1.82) is 0 Å². The number of hydrogen-bond acceptors (Lipinski definition) is 3. The van der Waals surface area contributed by atoms with Gasteiger partial charge in [0, 0.05) is 36.0 Å². The molecule has 0 saturated heterocycles. The first-order valence-electron chi connectivity index (χ1n) is 10.1. The number of rotatable bonds is 7. The van der Waals surface area contributed by atoms with Gasteiger partial charge in [0.05, 0.1) is 10.6 Å². The SMILES string of the molecule is O=C(NCCc1c[nH]c2ccccc12)C(=Cc1cccnc1)NC(=O)c1ccccc1Cl. The average molecular weight is 445 g/mol. The number of H-pyrrole nitrogens is 1. The molecular formula is C25H21ClN4O2. The van der Waals surface area contributed by atoms with Gasteiger partial charge >= 0.3 is 0 Å². The summed E-state index contributed by atoms with van der Waals surface area (Å²) in [6, 6.07) is 18.3. The summed E-state index contributed by atoms with van der Waals surface area (Å²) >= 11 is 6.14. The summed E-state index contributed by atoms with van der Waals surface area (Å²) in [5, 5.41) is 7.01. The molecule has 0 aliphatic heterocycles. The molecule has 0 aliphatic rings. The number of aromatic nitrogens is 2. The largest absolute Gasteiger partial charge is 0.361 e. The molecule has 0 radical (unpaired) electrons. The number of carbonyl (C=O) groups is 2. The molecule has 2 heterocycles. The number of nitrogens with zero attached hydrogens (tertiary/aromatic N) is 1. The standard InChI is InChI=1S/C25H21ClN4O2/c26-21-9-3-1-8-20(21)24(31)30-23(14-17-6-5-12-27-15-17)25(32)28-13-11-18-16-29-22-10-4-2-7-19(18)22/h1-10,12,14-16,29H,11,13H2,(H,28,32)(H,30,31). The fourth-order valence-corrected chi connectivity index (χ4v) is 3.59. The van der Waals surface area contributed by atoms with E-state index in [4.69, 9.17) is 11.6 Å². The van der Waals surface area contributed by atoms with Gasteiger partial charge in [-0.05, 0) is 47.9 Å². The zero-order chi connectivity index (χ0) is 22.3. The first kappa shape index (κ1) is 21.3. The van der Waals surface area contributed by atoms with Gasteiger partial charge in [0.2, 0.25) is 0 Å². The monoisotopic (exact) mass is 444 g/mol. The van der Waals surface area contributed by atoms with Gasteiger partial charge < -0.3 is 15.6 Å². The molecule has 3 N–H and O–H groups in total. The number of carbonyl (C=O) groups excluding carboxylic acids is 2. The molecule has 0 saturated carbocycles. The van der Waals surface area contributed by atoms with Crippen LogP contribution < -0.4 is 10.6 Å². The fraction of sp³-hybridized carbons (Fsp3) is 0.0800. The molecule has 4 aromatic rings. The molecule has 0 spiro atoms. The highest BCUT2D eigenvalue weighted by Gasteiger charge is 2.16. The minimum absolute atomic E-state index is 0.113. The van der Waals surface area contributed by atoms with Crippen LogP contribution >= 0.6 is 11.6 Å². The lowest BCUT2D eigenvalue weighted by Crippen LogP contribution is -2.35. The van der Waals surface area contributed by atoms with Gasteiger partial charge in [0.1, 0.15) is 5.70 Å². The molecule has 2 amide bonds. The second-order valence-electron chi connectivity index (χ2n) is 7.14. The number of para-hydroxylation sites is 1. The quantitative estimate of drug-likeness (QED) is 0.370. The van der Waals surface area contributed by atoms with E-state index in [9.17, 15) is 9.59 Å². The zero-order valence-corrected chi connectivity index (χ0v) is 17.9. The second-order valence-corrected chi connectivity index (χ2v) is 7.55. The van der Waals surface area contributed by atoms with Crippen LogP contribution in [0.15, 0.2) is 85.0 Å². The third kappa shape index (κ3) is 5.04. The Morgan fingerprint density at radius 2 is 1.84 bits per heavy atom. The van der Waals surface area contributed by atoms with E-state index in [1.165, 1.54) is 0 Å². The summed E-state index contributed by atoms with van der Waals surface area (Å²) in [5.41, 5.74) is 3.25. The normalized spacial score (nSPS) is 11.3. The van der Waals surface area contributed by atoms with Crippen molar-refractivity contribution in [2.75, 3.05) is 6.54 Å². The molecule has 0 atom stereocenters. The first-order chi connectivity index (χ1) is 15.6. The van der Waals surface area contributed by atoms with Crippen molar-refractivity contribution in [2.45, 2.75) is 6.42 Å². The van der Waals surface area contributed by atoms with Crippen molar-refractivity contribution < 1.29 is 9.59 Å². The van der Waals surface area contributed by atoms with Crippen molar-refractivity contribution in [3.05, 3.63) is 107 Å². The lowest BCUT2D eigenvalue weighted by Gasteiger charge is -2.12. The molecule has 0 fully saturated rings. The second kappa shape index (κ2) is 9.94. The van der Waals surface area contributed by atoms with Crippen LogP contribution in [0.1, 0.15) is 21.5 Å². The highest BCUT2D eigenvalue weighted by atomic mass is 35.5. The third-order valence-corrected chi connectivity index (χ3v) is 5.29. The van der Waals surface area contributed by atoms with E-state index >= 15 is 0 Å². The maximum Gasteiger partial charge on any atom is 0.267 e. The number of fused-ring (bicyclic) bond motifs is 1. The molecule has 0 bridgehead atoms. The van der Waals surface area contributed by atoms with Crippen LogP contribution in [0.4, 0.5) is 0 Å². The van der Waals surface area contributed by atoms with Gasteiger partial charge in [0.25, 0.3) is 11.8 Å². The molecule has 32 heavy (non-hydrogen) atoms. The minimum Gasteiger partial charge on any atom is -0.361 e. The van der Waals surface area contributed by atoms with Crippen LogP contribution in [-0.4, -0.2) is 28.3 Å². The fourth-order valence-electron chi connectivity index (χ4n) is 3.37. The van der Waals surface area contributed by atoms with Crippen LogP contribution in [0.25, 0.3) is 17.0 Å². The van der Waals surface area contributed by atoms with Crippen LogP contribution in [0.5, 0.6) is 0 Å². The highest BCUT2D eigenvalue weighted by Crippen LogP contribution is 2.18. The molecular weight excluding hydrogens is 424 g/mol. The summed E-state index contributed by atoms with van der Waals surface area (Å²) < 4.78 is 0. The number of aromatic amines is 1. The lowest BCUT2D eigenvalue weighted by molar-refractivity contribution is -0.117. The smallest absolute Gasteiger partial charge is 0.267 e. The molecule has 2 aromatic carbocycles. The Morgan fingerprint density at radius 3 is 2.66 bits per heavy atom. The lowest BCUT2D eigenvalue weighted by atomic mass is 10.1. The molecule has 0 aliphatic carbocycles. The highest BCUT2D eigenvalue weighted by molar-refractivity contribution is 6.34. The van der Waals surface area contributed by atoms with Gasteiger partial charge in [-0.2, -0.15) is 0 Å². The van der Waals surface area contributed by atoms with Gasteiger partial charge in [-0.25, -0.2) is 0 Å². The number of amides is 2. The van der Waals surface area contributed by atoms with Crippen molar-refractivity contribution in [3.8, 4) is 0 Å². The number of halogens is 1. The Bertz CT molecular complexity index is 1280.